The number of halogens is 3. The van der Waals surface area contributed by atoms with Crippen molar-refractivity contribution in [2.24, 2.45) is 0 Å². The number of anilines is 2. The van der Waals surface area contributed by atoms with Crippen LogP contribution in [0.3, 0.4) is 0 Å². The van der Waals surface area contributed by atoms with Gasteiger partial charge in [-0.1, -0.05) is 17.7 Å². The average Bonchev–Trinajstić information content (AvgIpc) is 3.07. The van der Waals surface area contributed by atoms with Crippen LogP contribution in [0.15, 0.2) is 36.7 Å². The molecule has 1 aliphatic heterocycles. The highest BCUT2D eigenvalue weighted by molar-refractivity contribution is 7.19. The molecular formula is C19H15Cl2FN4OS. The van der Waals surface area contributed by atoms with Crippen LogP contribution in [0.25, 0.3) is 10.2 Å². The van der Waals surface area contributed by atoms with Gasteiger partial charge >= 0.3 is 0 Å². The highest BCUT2D eigenvalue weighted by Gasteiger charge is 2.25. The first-order valence-corrected chi connectivity index (χ1v) is 10.3. The molecule has 1 aliphatic rings. The fourth-order valence-electron chi connectivity index (χ4n) is 3.17. The number of fused-ring (bicyclic) bond motifs is 3. The van der Waals surface area contributed by atoms with E-state index in [9.17, 15) is 9.18 Å². The van der Waals surface area contributed by atoms with Crippen molar-refractivity contribution in [1.29, 1.82) is 0 Å². The number of rotatable bonds is 4. The zero-order valence-corrected chi connectivity index (χ0v) is 16.9. The Kier molecular flexibility index (Phi) is 5.48. The van der Waals surface area contributed by atoms with Crippen LogP contribution in [0.5, 0.6) is 0 Å². The van der Waals surface area contributed by atoms with Crippen LogP contribution in [0.1, 0.15) is 10.4 Å². The molecule has 1 amide bonds. The van der Waals surface area contributed by atoms with E-state index in [2.05, 4.69) is 15.3 Å². The van der Waals surface area contributed by atoms with Crippen LogP contribution in [-0.2, 0) is 17.8 Å². The van der Waals surface area contributed by atoms with Gasteiger partial charge in [0.1, 0.15) is 22.8 Å². The molecule has 1 N–H and O–H groups in total. The average molecular weight is 437 g/mol. The Morgan fingerprint density at radius 1 is 1.39 bits per heavy atom. The number of carbonyl (C=O) groups is 1. The van der Waals surface area contributed by atoms with Gasteiger partial charge in [0.25, 0.3) is 0 Å². The molecule has 0 saturated carbocycles. The Balaban J connectivity index is 1.66. The second-order valence-electron chi connectivity index (χ2n) is 6.23. The first kappa shape index (κ1) is 19.1. The molecule has 28 heavy (non-hydrogen) atoms. The molecule has 0 atom stereocenters. The van der Waals surface area contributed by atoms with Gasteiger partial charge in [-0.25, -0.2) is 14.4 Å². The third-order valence-corrected chi connectivity index (χ3v) is 6.07. The quantitative estimate of drug-likeness (QED) is 0.466. The maximum Gasteiger partial charge on any atom is 0.246 e. The van der Waals surface area contributed by atoms with Crippen LogP contribution in [0, 0.1) is 5.82 Å². The molecule has 1 aromatic carbocycles. The summed E-state index contributed by atoms with van der Waals surface area (Å²) in [7, 11) is 0. The first-order chi connectivity index (χ1) is 13.6. The fraction of sp³-hybridized carbons (Fsp3) is 0.211. The molecule has 3 heterocycles. The number of benzene rings is 1. The number of hydrogen-bond donors (Lipinski definition) is 1. The summed E-state index contributed by atoms with van der Waals surface area (Å²) in [4.78, 5) is 24.7. The van der Waals surface area contributed by atoms with Gasteiger partial charge in [-0.05, 0) is 30.2 Å². The van der Waals surface area contributed by atoms with E-state index in [0.29, 0.717) is 36.9 Å². The minimum atomic E-state index is -0.471. The number of allylic oxidation sites excluding steroid dienone is 1. The molecule has 4 rings (SSSR count). The van der Waals surface area contributed by atoms with Crippen LogP contribution in [0.4, 0.5) is 15.9 Å². The summed E-state index contributed by atoms with van der Waals surface area (Å²) >= 11 is 13.0. The first-order valence-electron chi connectivity index (χ1n) is 8.55. The Morgan fingerprint density at radius 2 is 2.25 bits per heavy atom. The van der Waals surface area contributed by atoms with Crippen molar-refractivity contribution in [3.63, 3.8) is 0 Å². The Morgan fingerprint density at radius 3 is 3.04 bits per heavy atom. The molecule has 0 unspecified atom stereocenters. The van der Waals surface area contributed by atoms with Crippen molar-refractivity contribution >= 4 is 62.2 Å². The second kappa shape index (κ2) is 8.03. The van der Waals surface area contributed by atoms with Crippen molar-refractivity contribution in [3.05, 3.63) is 58.0 Å². The van der Waals surface area contributed by atoms with E-state index < -0.39 is 5.82 Å². The van der Waals surface area contributed by atoms with Gasteiger partial charge in [-0.2, -0.15) is 0 Å². The van der Waals surface area contributed by atoms with Gasteiger partial charge in [-0.3, -0.25) is 4.79 Å². The van der Waals surface area contributed by atoms with Crippen LogP contribution in [-0.4, -0.2) is 33.2 Å². The lowest BCUT2D eigenvalue weighted by Gasteiger charge is -2.26. The third kappa shape index (κ3) is 3.70. The molecular weight excluding hydrogens is 422 g/mol. The normalized spacial score (nSPS) is 13.9. The zero-order chi connectivity index (χ0) is 19.7. The number of hydrogen-bond acceptors (Lipinski definition) is 5. The Bertz CT molecular complexity index is 1090. The summed E-state index contributed by atoms with van der Waals surface area (Å²) in [6, 6.07) is 4.44. The van der Waals surface area contributed by atoms with E-state index in [1.165, 1.54) is 24.5 Å². The minimum absolute atomic E-state index is 0.0433. The number of carbonyl (C=O) groups excluding carboxylic acids is 1. The molecule has 0 bridgehead atoms. The number of nitrogens with one attached hydrogen (secondary N) is 1. The molecule has 144 valence electrons. The van der Waals surface area contributed by atoms with Gasteiger partial charge in [0.2, 0.25) is 5.91 Å². The smallest absolute Gasteiger partial charge is 0.246 e. The van der Waals surface area contributed by atoms with Crippen LogP contribution in [0.2, 0.25) is 5.02 Å². The summed E-state index contributed by atoms with van der Waals surface area (Å²) in [6.45, 7) is 1.14. The molecule has 5 nitrogen and oxygen atoms in total. The van der Waals surface area contributed by atoms with Crippen molar-refractivity contribution < 1.29 is 9.18 Å². The van der Waals surface area contributed by atoms with E-state index in [4.69, 9.17) is 23.2 Å². The number of thiophene rings is 1. The number of amides is 1. The van der Waals surface area contributed by atoms with Crippen LogP contribution < -0.4 is 5.32 Å². The summed E-state index contributed by atoms with van der Waals surface area (Å²) in [5, 5.41) is 4.19. The highest BCUT2D eigenvalue weighted by Crippen LogP contribution is 2.38. The molecule has 0 radical (unpaired) electrons. The predicted molar refractivity (Wildman–Crippen MR) is 111 cm³/mol. The lowest BCUT2D eigenvalue weighted by Crippen LogP contribution is -2.34. The monoisotopic (exact) mass is 436 g/mol. The lowest BCUT2D eigenvalue weighted by atomic mass is 10.0. The third-order valence-electron chi connectivity index (χ3n) is 4.48. The maximum absolute atomic E-state index is 13.4. The number of nitrogens with zero attached hydrogens (tertiary/aromatic N) is 3. The molecule has 0 fully saturated rings. The van der Waals surface area contributed by atoms with Crippen molar-refractivity contribution in [2.75, 3.05) is 17.7 Å². The van der Waals surface area contributed by atoms with Gasteiger partial charge in [-0.15, -0.1) is 22.9 Å². The summed E-state index contributed by atoms with van der Waals surface area (Å²) in [6.07, 6.45) is 5.36. The Labute approximate surface area is 174 Å². The summed E-state index contributed by atoms with van der Waals surface area (Å²) in [5.41, 5.74) is 1.78. The topological polar surface area (TPSA) is 58.1 Å². The van der Waals surface area contributed by atoms with Crippen molar-refractivity contribution in [2.45, 2.75) is 13.0 Å². The van der Waals surface area contributed by atoms with E-state index in [-0.39, 0.29) is 10.9 Å². The van der Waals surface area contributed by atoms with Gasteiger partial charge in [0.15, 0.2) is 0 Å². The van der Waals surface area contributed by atoms with Crippen molar-refractivity contribution in [3.8, 4) is 0 Å². The van der Waals surface area contributed by atoms with E-state index in [0.717, 1.165) is 20.7 Å². The standard InChI is InChI=1S/C19H15Cl2FN4OS/c20-6-1-2-16(27)26-7-5-12-15(9-26)28-19-17(12)18(23-10-24-19)25-11-3-4-14(22)13(21)8-11/h1-4,8,10H,5-7,9H2,(H,23,24,25). The molecule has 3 aromatic rings. The lowest BCUT2D eigenvalue weighted by molar-refractivity contribution is -0.126. The van der Waals surface area contributed by atoms with Gasteiger partial charge in [0, 0.05) is 29.1 Å². The largest absolute Gasteiger partial charge is 0.340 e. The minimum Gasteiger partial charge on any atom is -0.340 e. The van der Waals surface area contributed by atoms with Crippen molar-refractivity contribution in [1.82, 2.24) is 14.9 Å². The maximum atomic E-state index is 13.4. The molecule has 2 aromatic heterocycles. The predicted octanol–water partition coefficient (Wildman–Crippen LogP) is 4.91. The summed E-state index contributed by atoms with van der Waals surface area (Å²) < 4.78 is 13.4. The molecule has 0 saturated heterocycles. The van der Waals surface area contributed by atoms with Gasteiger partial charge < -0.3 is 10.2 Å². The van der Waals surface area contributed by atoms with Gasteiger partial charge in [0.05, 0.1) is 17.0 Å². The SMILES string of the molecule is O=C(C=CCCl)N1CCc2c(sc3ncnc(Nc4ccc(F)c(Cl)c4)c23)C1. The molecule has 0 aliphatic carbocycles. The van der Waals surface area contributed by atoms with Crippen LogP contribution >= 0.6 is 34.5 Å². The molecule has 0 spiro atoms. The number of aromatic nitrogens is 2. The summed E-state index contributed by atoms with van der Waals surface area (Å²) in [5.74, 6) is 0.438. The second-order valence-corrected chi connectivity index (χ2v) is 8.03. The highest BCUT2D eigenvalue weighted by atomic mass is 35.5. The zero-order valence-electron chi connectivity index (χ0n) is 14.6. The van der Waals surface area contributed by atoms with E-state index in [1.807, 2.05) is 0 Å². The number of alkyl halides is 1. The van der Waals surface area contributed by atoms with E-state index in [1.54, 1.807) is 28.4 Å². The Hall–Kier alpha value is -2.22. The van der Waals surface area contributed by atoms with E-state index >= 15 is 0 Å². The fourth-order valence-corrected chi connectivity index (χ4v) is 4.64. The molecule has 9 heteroatoms.